The first-order valence-electron chi connectivity index (χ1n) is 10.7. The first-order valence-corrected chi connectivity index (χ1v) is 13.7. The van der Waals surface area contributed by atoms with Crippen molar-refractivity contribution in [3.8, 4) is 0 Å². The van der Waals surface area contributed by atoms with Gasteiger partial charge >= 0.3 is 12.4 Å². The topological polar surface area (TPSA) is 63.2 Å². The van der Waals surface area contributed by atoms with Crippen LogP contribution in [0.5, 0.6) is 0 Å². The lowest BCUT2D eigenvalue weighted by Crippen LogP contribution is -2.39. The largest absolute Gasteiger partial charge is 0.417 e. The summed E-state index contributed by atoms with van der Waals surface area (Å²) in [6.45, 7) is 1.04. The molecule has 0 aliphatic carbocycles. The van der Waals surface area contributed by atoms with Crippen LogP contribution < -0.4 is 5.32 Å². The Kier molecular flexibility index (Phi) is 10.9. The molecular weight excluding hydrogens is 648 g/mol. The Labute approximate surface area is 237 Å². The zero-order chi connectivity index (χ0) is 30.8. The number of sulfone groups is 1. The zero-order valence-corrected chi connectivity index (χ0v) is 22.9. The zero-order valence-electron chi connectivity index (χ0n) is 19.8. The highest BCUT2D eigenvalue weighted by Crippen LogP contribution is 2.42. The van der Waals surface area contributed by atoms with E-state index in [4.69, 9.17) is 34.8 Å². The maximum absolute atomic E-state index is 15.0. The number of hydrogen-bond acceptors (Lipinski definition) is 3. The predicted octanol–water partition coefficient (Wildman–Crippen LogP) is 8.12. The van der Waals surface area contributed by atoms with E-state index in [2.05, 4.69) is 0 Å². The molecule has 1 N–H and O–H groups in total. The average molecular weight is 665 g/mol. The van der Waals surface area contributed by atoms with Gasteiger partial charge in [-0.05, 0) is 42.8 Å². The highest BCUT2D eigenvalue weighted by Gasteiger charge is 2.41. The Bertz CT molecular complexity index is 1370. The van der Waals surface area contributed by atoms with Crippen molar-refractivity contribution >= 4 is 56.4 Å². The van der Waals surface area contributed by atoms with Crippen LogP contribution >= 0.6 is 34.8 Å². The molecule has 0 aromatic heterocycles. The number of hydrogen-bond donors (Lipinski definition) is 1. The fraction of sp³-hybridized carbons (Fsp3) is 0.348. The van der Waals surface area contributed by atoms with Crippen LogP contribution in [-0.2, 0) is 16.0 Å². The van der Waals surface area contributed by atoms with E-state index in [1.807, 2.05) is 5.32 Å². The molecule has 0 fully saturated rings. The molecule has 0 bridgehead atoms. The van der Waals surface area contributed by atoms with E-state index in [0.717, 1.165) is 19.1 Å². The monoisotopic (exact) mass is 663 g/mol. The molecule has 40 heavy (non-hydrogen) atoms. The number of carbonyl (C=O) groups is 1. The summed E-state index contributed by atoms with van der Waals surface area (Å²) in [6, 6.07) is 1.28. The van der Waals surface area contributed by atoms with E-state index < -0.39 is 96.1 Å². The van der Waals surface area contributed by atoms with Gasteiger partial charge < -0.3 is 5.32 Å². The quantitative estimate of drug-likeness (QED) is 0.218. The lowest BCUT2D eigenvalue weighted by atomic mass is 9.95. The number of alkyl halides is 8. The number of carbonyl (C=O) groups excluding carboxylic acids is 1. The van der Waals surface area contributed by atoms with E-state index >= 15 is 0 Å². The molecule has 2 rings (SSSR count). The number of amides is 1. The molecule has 0 heterocycles. The minimum Gasteiger partial charge on any atom is -0.349 e. The van der Waals surface area contributed by atoms with Crippen LogP contribution in [0, 0.1) is 0 Å². The van der Waals surface area contributed by atoms with Gasteiger partial charge in [-0.3, -0.25) is 4.79 Å². The second kappa shape index (κ2) is 12.8. The van der Waals surface area contributed by atoms with E-state index in [1.54, 1.807) is 0 Å². The van der Waals surface area contributed by atoms with Gasteiger partial charge in [0.1, 0.15) is 17.5 Å². The Morgan fingerprint density at radius 2 is 1.52 bits per heavy atom. The fourth-order valence-electron chi connectivity index (χ4n) is 3.49. The molecule has 0 aliphatic heterocycles. The minimum atomic E-state index is -5.31. The van der Waals surface area contributed by atoms with Crippen molar-refractivity contribution in [2.75, 3.05) is 11.5 Å². The van der Waals surface area contributed by atoms with Crippen LogP contribution in [0.3, 0.4) is 0 Å². The van der Waals surface area contributed by atoms with Gasteiger partial charge in [0, 0.05) is 11.6 Å². The summed E-state index contributed by atoms with van der Waals surface area (Å²) in [4.78, 5) is 12.5. The van der Waals surface area contributed by atoms with Gasteiger partial charge in [0.15, 0.2) is 9.84 Å². The van der Waals surface area contributed by atoms with Crippen molar-refractivity contribution in [2.24, 2.45) is 0 Å². The number of nitrogens with one attached hydrogen (secondary N) is 1. The lowest BCUT2D eigenvalue weighted by Gasteiger charge is -2.20. The summed E-state index contributed by atoms with van der Waals surface area (Å²) in [5.74, 6) is -8.49. The molecule has 0 aliphatic rings. The first-order chi connectivity index (χ1) is 18.1. The molecule has 1 amide bonds. The third kappa shape index (κ3) is 9.18. The maximum atomic E-state index is 15.0. The van der Waals surface area contributed by atoms with Gasteiger partial charge in [0.25, 0.3) is 12.3 Å². The number of halogens is 12. The molecule has 0 radical (unpaired) electrons. The molecule has 4 nitrogen and oxygen atoms in total. The molecule has 0 saturated carbocycles. The predicted molar refractivity (Wildman–Crippen MR) is 132 cm³/mol. The van der Waals surface area contributed by atoms with Crippen LogP contribution in [0.25, 0.3) is 5.83 Å². The summed E-state index contributed by atoms with van der Waals surface area (Å²) < 4.78 is 145. The highest BCUT2D eigenvalue weighted by molar-refractivity contribution is 7.91. The second-order valence-electron chi connectivity index (χ2n) is 8.43. The van der Waals surface area contributed by atoms with Crippen molar-refractivity contribution in [1.82, 2.24) is 5.32 Å². The fourth-order valence-corrected chi connectivity index (χ4v) is 5.46. The maximum Gasteiger partial charge on any atom is 0.417 e. The molecule has 17 heteroatoms. The molecule has 2 atom stereocenters. The number of rotatable bonds is 9. The summed E-state index contributed by atoms with van der Waals surface area (Å²) in [5.41, 5.74) is -4.51. The van der Waals surface area contributed by atoms with Crippen LogP contribution in [-0.4, -0.2) is 44.5 Å². The summed E-state index contributed by atoms with van der Waals surface area (Å²) in [7, 11) is -4.38. The minimum absolute atomic E-state index is 0.0128. The van der Waals surface area contributed by atoms with Crippen molar-refractivity contribution in [3.05, 3.63) is 73.7 Å². The summed E-state index contributed by atoms with van der Waals surface area (Å²) in [6.07, 6.45) is -13.7. The van der Waals surface area contributed by atoms with Gasteiger partial charge in [-0.1, -0.05) is 40.9 Å². The normalized spacial score (nSPS) is 14.8. The molecule has 222 valence electrons. The van der Waals surface area contributed by atoms with Crippen LogP contribution in [0.1, 0.15) is 39.9 Å². The van der Waals surface area contributed by atoms with Gasteiger partial charge in [-0.25, -0.2) is 21.6 Å². The first kappa shape index (κ1) is 34.0. The molecule has 0 spiro atoms. The van der Waals surface area contributed by atoms with E-state index in [0.29, 0.717) is 12.1 Å². The van der Waals surface area contributed by atoms with E-state index in [-0.39, 0.29) is 17.2 Å². The Hall–Kier alpha value is -2.16. The third-order valence-electron chi connectivity index (χ3n) is 5.14. The Morgan fingerprint density at radius 1 is 0.975 bits per heavy atom. The SMILES string of the molecule is CC(CS(=O)(=O)CC(F)F)NC(=O)c1ccc(/C(F)=C/C(c2cc(Cl)c(Cl)c(Cl)c2)C(F)(F)F)cc1C(F)(F)F. The molecule has 2 aromatic rings. The van der Waals surface area contributed by atoms with Gasteiger partial charge in [0.05, 0.1) is 31.9 Å². The van der Waals surface area contributed by atoms with Gasteiger partial charge in [0.2, 0.25) is 0 Å². The Morgan fingerprint density at radius 3 is 2.00 bits per heavy atom. The lowest BCUT2D eigenvalue weighted by molar-refractivity contribution is -0.140. The molecular formula is C23H17Cl3F9NO3S. The van der Waals surface area contributed by atoms with Crippen molar-refractivity contribution in [1.29, 1.82) is 0 Å². The van der Waals surface area contributed by atoms with Crippen LogP contribution in [0.4, 0.5) is 39.5 Å². The number of benzene rings is 2. The van der Waals surface area contributed by atoms with E-state index in [9.17, 15) is 52.7 Å². The van der Waals surface area contributed by atoms with Gasteiger partial charge in [-0.15, -0.1) is 0 Å². The number of allylic oxidation sites excluding steroid dienone is 1. The standard InChI is InChI=1S/C23H17Cl3F9NO3S/c1-10(8-40(38,39)9-19(28)29)36-21(37)13-3-2-11(4-15(13)23(33,34)35)18(27)7-14(22(30,31)32)12-5-16(24)20(26)17(25)6-12/h2-7,10,14,19H,8-9H2,1H3,(H,36,37)/b18-7-. The summed E-state index contributed by atoms with van der Waals surface area (Å²) >= 11 is 17.2. The highest BCUT2D eigenvalue weighted by atomic mass is 35.5. The molecule has 0 saturated heterocycles. The average Bonchev–Trinajstić information content (AvgIpc) is 2.77. The smallest absolute Gasteiger partial charge is 0.349 e. The van der Waals surface area contributed by atoms with Crippen molar-refractivity contribution in [3.63, 3.8) is 0 Å². The van der Waals surface area contributed by atoms with E-state index in [1.165, 1.54) is 0 Å². The summed E-state index contributed by atoms with van der Waals surface area (Å²) in [5, 5.41) is 0.863. The van der Waals surface area contributed by atoms with Crippen molar-refractivity contribution < 1.29 is 52.7 Å². The second-order valence-corrected chi connectivity index (χ2v) is 11.8. The van der Waals surface area contributed by atoms with Gasteiger partial charge in [-0.2, -0.15) is 26.3 Å². The van der Waals surface area contributed by atoms with Crippen molar-refractivity contribution in [2.45, 2.75) is 37.7 Å². The Balaban J connectivity index is 2.47. The molecule has 2 unspecified atom stereocenters. The van der Waals surface area contributed by atoms with Crippen LogP contribution in [0.15, 0.2) is 36.4 Å². The third-order valence-corrected chi connectivity index (χ3v) is 8.10. The molecule has 2 aromatic carbocycles. The van der Waals surface area contributed by atoms with Crippen LogP contribution in [0.2, 0.25) is 15.1 Å².